The van der Waals surface area contributed by atoms with Crippen LogP contribution in [0.1, 0.15) is 54.0 Å². The highest BCUT2D eigenvalue weighted by atomic mass is 16.5. The number of hydrogen-bond acceptors (Lipinski definition) is 3. The Labute approximate surface area is 167 Å². The van der Waals surface area contributed by atoms with Gasteiger partial charge in [-0.25, -0.2) is 4.79 Å². The minimum absolute atomic E-state index is 0.365. The molecule has 0 spiro atoms. The molecule has 0 atom stereocenters. The van der Waals surface area contributed by atoms with Crippen molar-refractivity contribution < 1.29 is 14.3 Å². The summed E-state index contributed by atoms with van der Waals surface area (Å²) in [4.78, 5) is 24.8. The van der Waals surface area contributed by atoms with Gasteiger partial charge >= 0.3 is 5.97 Å². The van der Waals surface area contributed by atoms with E-state index in [1.54, 1.807) is 6.07 Å². The van der Waals surface area contributed by atoms with Crippen molar-refractivity contribution in [3.8, 4) is 18.0 Å². The molecular formula is C23H28N2O3. The molecule has 1 amide bonds. The number of hydrogen-bond donors (Lipinski definition) is 1. The molecule has 148 valence electrons. The van der Waals surface area contributed by atoms with Crippen LogP contribution in [-0.4, -0.2) is 28.6 Å². The number of carbonyl (C=O) groups is 2. The SMILES string of the molecule is C#CC(CC)(CC)NC(=O)COC(=O)c1cc(C)n(-c2cccc(C)c2)c1C. The van der Waals surface area contributed by atoms with E-state index in [1.165, 1.54) is 0 Å². The summed E-state index contributed by atoms with van der Waals surface area (Å²) in [5.74, 6) is 1.71. The quantitative estimate of drug-likeness (QED) is 0.586. The lowest BCUT2D eigenvalue weighted by Gasteiger charge is -2.26. The molecular weight excluding hydrogens is 352 g/mol. The van der Waals surface area contributed by atoms with Crippen LogP contribution in [0.25, 0.3) is 5.69 Å². The zero-order valence-corrected chi connectivity index (χ0v) is 17.3. The molecule has 5 nitrogen and oxygen atoms in total. The van der Waals surface area contributed by atoms with Crippen LogP contribution < -0.4 is 5.32 Å². The predicted molar refractivity (Wildman–Crippen MR) is 111 cm³/mol. The van der Waals surface area contributed by atoms with E-state index in [4.69, 9.17) is 11.2 Å². The largest absolute Gasteiger partial charge is 0.452 e. The maximum Gasteiger partial charge on any atom is 0.340 e. The van der Waals surface area contributed by atoms with Gasteiger partial charge in [0.15, 0.2) is 6.61 Å². The molecule has 2 rings (SSSR count). The third-order valence-corrected chi connectivity index (χ3v) is 5.11. The van der Waals surface area contributed by atoms with Gasteiger partial charge in [0.05, 0.1) is 5.56 Å². The van der Waals surface area contributed by atoms with Gasteiger partial charge in [0, 0.05) is 17.1 Å². The van der Waals surface area contributed by atoms with E-state index < -0.39 is 17.4 Å². The second-order valence-corrected chi connectivity index (χ2v) is 7.02. The lowest BCUT2D eigenvalue weighted by molar-refractivity contribution is -0.125. The molecule has 0 aliphatic heterocycles. The van der Waals surface area contributed by atoms with Gasteiger partial charge in [-0.15, -0.1) is 6.42 Å². The molecule has 0 saturated carbocycles. The monoisotopic (exact) mass is 380 g/mol. The second kappa shape index (κ2) is 8.79. The van der Waals surface area contributed by atoms with E-state index in [-0.39, 0.29) is 6.61 Å². The molecule has 2 aromatic rings. The summed E-state index contributed by atoms with van der Waals surface area (Å²) >= 11 is 0. The Morgan fingerprint density at radius 3 is 2.43 bits per heavy atom. The highest BCUT2D eigenvalue weighted by Crippen LogP contribution is 2.22. The van der Waals surface area contributed by atoms with Gasteiger partial charge in [0.2, 0.25) is 0 Å². The van der Waals surface area contributed by atoms with Gasteiger partial charge in [-0.3, -0.25) is 4.79 Å². The molecule has 1 heterocycles. The van der Waals surface area contributed by atoms with Crippen molar-refractivity contribution in [3.63, 3.8) is 0 Å². The summed E-state index contributed by atoms with van der Waals surface area (Å²) in [5.41, 5.74) is 3.55. The second-order valence-electron chi connectivity index (χ2n) is 7.02. The van der Waals surface area contributed by atoms with Gasteiger partial charge in [0.25, 0.3) is 5.91 Å². The van der Waals surface area contributed by atoms with Gasteiger partial charge in [0.1, 0.15) is 5.54 Å². The molecule has 1 aromatic carbocycles. The first-order chi connectivity index (χ1) is 13.3. The van der Waals surface area contributed by atoms with Crippen molar-refractivity contribution in [1.29, 1.82) is 0 Å². The normalized spacial score (nSPS) is 11.0. The third-order valence-electron chi connectivity index (χ3n) is 5.11. The molecule has 1 N–H and O–H groups in total. The number of nitrogens with zero attached hydrogens (tertiary/aromatic N) is 1. The number of nitrogens with one attached hydrogen (secondary N) is 1. The van der Waals surface area contributed by atoms with E-state index in [9.17, 15) is 9.59 Å². The van der Waals surface area contributed by atoms with Crippen LogP contribution >= 0.6 is 0 Å². The van der Waals surface area contributed by atoms with Gasteiger partial charge in [-0.2, -0.15) is 0 Å². The number of benzene rings is 1. The van der Waals surface area contributed by atoms with Crippen LogP contribution in [0.4, 0.5) is 0 Å². The van der Waals surface area contributed by atoms with E-state index in [0.29, 0.717) is 18.4 Å². The fourth-order valence-electron chi connectivity index (χ4n) is 3.31. The maximum absolute atomic E-state index is 12.6. The molecule has 1 aromatic heterocycles. The van der Waals surface area contributed by atoms with Crippen molar-refractivity contribution in [2.24, 2.45) is 0 Å². The average Bonchev–Trinajstić information content (AvgIpc) is 2.98. The van der Waals surface area contributed by atoms with Crippen LogP contribution in [0.3, 0.4) is 0 Å². The Balaban J connectivity index is 2.13. The molecule has 0 aliphatic rings. The number of ether oxygens (including phenoxy) is 1. The Kier molecular flexibility index (Phi) is 6.69. The minimum atomic E-state index is -0.704. The Morgan fingerprint density at radius 2 is 1.86 bits per heavy atom. The van der Waals surface area contributed by atoms with Gasteiger partial charge in [-0.1, -0.05) is 31.9 Å². The number of esters is 1. The number of aromatic nitrogens is 1. The van der Waals surface area contributed by atoms with Crippen molar-refractivity contribution in [2.45, 2.75) is 53.0 Å². The predicted octanol–water partition coefficient (Wildman–Crippen LogP) is 3.87. The fraction of sp³-hybridized carbons (Fsp3) is 0.391. The number of carbonyl (C=O) groups excluding carboxylic acids is 2. The highest BCUT2D eigenvalue weighted by Gasteiger charge is 2.26. The summed E-state index contributed by atoms with van der Waals surface area (Å²) in [7, 11) is 0. The molecule has 28 heavy (non-hydrogen) atoms. The van der Waals surface area contributed by atoms with Crippen LogP contribution in [0.15, 0.2) is 30.3 Å². The maximum atomic E-state index is 12.6. The van der Waals surface area contributed by atoms with Crippen molar-refractivity contribution in [2.75, 3.05) is 6.61 Å². The Morgan fingerprint density at radius 1 is 1.18 bits per heavy atom. The Hall–Kier alpha value is -3.00. The molecule has 0 fully saturated rings. The molecule has 0 bridgehead atoms. The number of amides is 1. The van der Waals surface area contributed by atoms with E-state index in [1.807, 2.05) is 57.4 Å². The van der Waals surface area contributed by atoms with E-state index in [0.717, 1.165) is 22.6 Å². The van der Waals surface area contributed by atoms with Crippen LogP contribution in [0, 0.1) is 33.1 Å². The first-order valence-electron chi connectivity index (χ1n) is 9.48. The van der Waals surface area contributed by atoms with Crippen LogP contribution in [-0.2, 0) is 9.53 Å². The number of rotatable bonds is 7. The first-order valence-corrected chi connectivity index (χ1v) is 9.48. The van der Waals surface area contributed by atoms with Crippen molar-refractivity contribution >= 4 is 11.9 Å². The van der Waals surface area contributed by atoms with Crippen LogP contribution in [0.5, 0.6) is 0 Å². The van der Waals surface area contributed by atoms with Gasteiger partial charge in [-0.05, 0) is 57.4 Å². The summed E-state index contributed by atoms with van der Waals surface area (Å²) in [6.45, 7) is 9.28. The molecule has 5 heteroatoms. The molecule has 0 saturated heterocycles. The number of terminal acetylenes is 1. The standard InChI is InChI=1S/C23H28N2O3/c1-7-23(8-2,9-3)24-21(26)15-28-22(27)20-14-17(5)25(18(20)6)19-12-10-11-16(4)13-19/h1,10-14H,8-9,15H2,2-6H3,(H,24,26). The van der Waals surface area contributed by atoms with E-state index >= 15 is 0 Å². The summed E-state index contributed by atoms with van der Waals surface area (Å²) in [5, 5.41) is 2.79. The fourth-order valence-corrected chi connectivity index (χ4v) is 3.31. The van der Waals surface area contributed by atoms with Crippen LogP contribution in [0.2, 0.25) is 0 Å². The smallest absolute Gasteiger partial charge is 0.340 e. The third kappa shape index (κ3) is 4.45. The zero-order chi connectivity index (χ0) is 20.9. The lowest BCUT2D eigenvalue weighted by atomic mass is 9.94. The topological polar surface area (TPSA) is 60.3 Å². The Bertz CT molecular complexity index is 914. The number of aryl methyl sites for hydroxylation is 2. The summed E-state index contributed by atoms with van der Waals surface area (Å²) in [6, 6.07) is 9.82. The summed E-state index contributed by atoms with van der Waals surface area (Å²) < 4.78 is 7.25. The van der Waals surface area contributed by atoms with Gasteiger partial charge < -0.3 is 14.6 Å². The highest BCUT2D eigenvalue weighted by molar-refractivity contribution is 5.93. The zero-order valence-electron chi connectivity index (χ0n) is 17.3. The molecule has 0 aliphatic carbocycles. The lowest BCUT2D eigenvalue weighted by Crippen LogP contribution is -2.48. The van der Waals surface area contributed by atoms with E-state index in [2.05, 4.69) is 17.3 Å². The van der Waals surface area contributed by atoms with Crippen molar-refractivity contribution in [3.05, 3.63) is 52.8 Å². The summed E-state index contributed by atoms with van der Waals surface area (Å²) in [6.07, 6.45) is 6.77. The molecule has 0 radical (unpaired) electrons. The minimum Gasteiger partial charge on any atom is -0.452 e. The van der Waals surface area contributed by atoms with Crippen molar-refractivity contribution in [1.82, 2.24) is 9.88 Å². The molecule has 0 unspecified atom stereocenters. The average molecular weight is 380 g/mol. The first kappa shape index (κ1) is 21.3.